The molecule has 3 rings (SSSR count). The van der Waals surface area contributed by atoms with Crippen LogP contribution in [0.25, 0.3) is 0 Å². The Morgan fingerprint density at radius 3 is 2.94 bits per heavy atom. The van der Waals surface area contributed by atoms with Gasteiger partial charge in [0.05, 0.1) is 6.20 Å². The molecule has 5 nitrogen and oxygen atoms in total. The van der Waals surface area contributed by atoms with E-state index in [-0.39, 0.29) is 5.91 Å². The number of nitrogens with one attached hydrogen (secondary N) is 1. The van der Waals surface area contributed by atoms with E-state index in [0.717, 1.165) is 24.9 Å². The monoisotopic (exact) mass is 248 g/mol. The van der Waals surface area contributed by atoms with Gasteiger partial charge in [0.1, 0.15) is 0 Å². The largest absolute Gasteiger partial charge is 0.337 e. The Morgan fingerprint density at radius 2 is 2.39 bits per heavy atom. The molecule has 98 valence electrons. The van der Waals surface area contributed by atoms with Crippen LogP contribution in [0.3, 0.4) is 0 Å². The zero-order valence-corrected chi connectivity index (χ0v) is 10.8. The van der Waals surface area contributed by atoms with Crippen LogP contribution in [0.1, 0.15) is 43.1 Å². The Bertz CT molecular complexity index is 417. The van der Waals surface area contributed by atoms with Gasteiger partial charge >= 0.3 is 0 Å². The van der Waals surface area contributed by atoms with Crippen molar-refractivity contribution in [3.63, 3.8) is 0 Å². The van der Waals surface area contributed by atoms with Gasteiger partial charge in [0.25, 0.3) is 5.91 Å². The normalized spacial score (nSPS) is 29.7. The summed E-state index contributed by atoms with van der Waals surface area (Å²) in [4.78, 5) is 14.2. The minimum Gasteiger partial charge on any atom is -0.337 e. The highest BCUT2D eigenvalue weighted by atomic mass is 16.2. The van der Waals surface area contributed by atoms with Crippen LogP contribution in [0.2, 0.25) is 0 Å². The molecule has 2 aliphatic carbocycles. The molecule has 2 saturated carbocycles. The third-order valence-corrected chi connectivity index (χ3v) is 4.64. The van der Waals surface area contributed by atoms with E-state index in [0.29, 0.717) is 11.6 Å². The van der Waals surface area contributed by atoms with Crippen LogP contribution >= 0.6 is 0 Å². The summed E-state index contributed by atoms with van der Waals surface area (Å²) in [6.07, 6.45) is 6.98. The van der Waals surface area contributed by atoms with Crippen molar-refractivity contribution in [1.29, 1.82) is 0 Å². The van der Waals surface area contributed by atoms with Crippen LogP contribution < -0.4 is 0 Å². The second kappa shape index (κ2) is 4.71. The van der Waals surface area contributed by atoms with Crippen molar-refractivity contribution in [1.82, 2.24) is 20.3 Å². The Morgan fingerprint density at radius 1 is 1.50 bits per heavy atom. The van der Waals surface area contributed by atoms with E-state index in [1.54, 1.807) is 0 Å². The zero-order valence-electron chi connectivity index (χ0n) is 10.8. The summed E-state index contributed by atoms with van der Waals surface area (Å²) in [7, 11) is 0. The Balaban J connectivity index is 1.64. The van der Waals surface area contributed by atoms with E-state index in [2.05, 4.69) is 15.4 Å². The van der Waals surface area contributed by atoms with Crippen molar-refractivity contribution in [2.75, 3.05) is 13.1 Å². The molecule has 0 unspecified atom stereocenters. The first-order valence-corrected chi connectivity index (χ1v) is 6.93. The fourth-order valence-corrected chi connectivity index (χ4v) is 3.71. The number of aromatic amines is 1. The molecule has 0 aliphatic heterocycles. The number of carbonyl (C=O) groups is 1. The molecule has 5 heteroatoms. The van der Waals surface area contributed by atoms with Crippen LogP contribution in [0.5, 0.6) is 0 Å². The highest BCUT2D eigenvalue weighted by Crippen LogP contribution is 2.48. The number of nitrogens with zero attached hydrogens (tertiary/aromatic N) is 3. The van der Waals surface area contributed by atoms with E-state index in [9.17, 15) is 4.79 Å². The van der Waals surface area contributed by atoms with Gasteiger partial charge in [-0.15, -0.1) is 0 Å². The van der Waals surface area contributed by atoms with Gasteiger partial charge in [0.2, 0.25) is 0 Å². The lowest BCUT2D eigenvalue weighted by atomic mass is 9.88. The summed E-state index contributed by atoms with van der Waals surface area (Å²) in [5.74, 6) is 2.50. The van der Waals surface area contributed by atoms with Crippen LogP contribution in [0.4, 0.5) is 0 Å². The molecule has 0 radical (unpaired) electrons. The second-order valence-electron chi connectivity index (χ2n) is 5.63. The van der Waals surface area contributed by atoms with Gasteiger partial charge in [-0.3, -0.25) is 4.79 Å². The van der Waals surface area contributed by atoms with Gasteiger partial charge in [-0.25, -0.2) is 0 Å². The van der Waals surface area contributed by atoms with Gasteiger partial charge in [0, 0.05) is 13.1 Å². The molecular weight excluding hydrogens is 228 g/mol. The van der Waals surface area contributed by atoms with E-state index >= 15 is 0 Å². The molecule has 1 aromatic rings. The van der Waals surface area contributed by atoms with Gasteiger partial charge in [0.15, 0.2) is 5.69 Å². The van der Waals surface area contributed by atoms with Crippen LogP contribution in [-0.2, 0) is 0 Å². The molecule has 0 saturated heterocycles. The number of hydrogen-bond donors (Lipinski definition) is 1. The predicted octanol–water partition coefficient (Wildman–Crippen LogP) is 1.70. The van der Waals surface area contributed by atoms with E-state index in [1.165, 1.54) is 31.9 Å². The van der Waals surface area contributed by atoms with Gasteiger partial charge in [-0.1, -0.05) is 6.42 Å². The van der Waals surface area contributed by atoms with E-state index in [1.807, 2.05) is 11.8 Å². The first-order valence-electron chi connectivity index (χ1n) is 6.93. The minimum absolute atomic E-state index is 0.00836. The standard InChI is InChI=1S/C13H20N4O/c1-2-17(13(18)12-7-14-16-15-12)8-11-6-9-3-4-10(11)5-9/h7,9-11H,2-6,8H2,1H3,(H,14,15,16)/t9-,10+,11-/m0/s1. The molecule has 2 aliphatic rings. The van der Waals surface area contributed by atoms with Crippen LogP contribution in [-0.4, -0.2) is 39.3 Å². The number of H-pyrrole nitrogens is 1. The average Bonchev–Trinajstić information content (AvgIpc) is 3.10. The molecule has 2 bridgehead atoms. The quantitative estimate of drug-likeness (QED) is 0.882. The molecule has 3 atom stereocenters. The number of hydrogen-bond acceptors (Lipinski definition) is 3. The number of fused-ring (bicyclic) bond motifs is 2. The van der Waals surface area contributed by atoms with Crippen molar-refractivity contribution in [2.24, 2.45) is 17.8 Å². The lowest BCUT2D eigenvalue weighted by Crippen LogP contribution is -2.37. The maximum absolute atomic E-state index is 12.2. The molecule has 2 fully saturated rings. The third-order valence-electron chi connectivity index (χ3n) is 4.64. The predicted molar refractivity (Wildman–Crippen MR) is 66.9 cm³/mol. The highest BCUT2D eigenvalue weighted by Gasteiger charge is 2.40. The summed E-state index contributed by atoms with van der Waals surface area (Å²) in [5.41, 5.74) is 0.431. The lowest BCUT2D eigenvalue weighted by Gasteiger charge is -2.28. The van der Waals surface area contributed by atoms with Crippen molar-refractivity contribution in [3.8, 4) is 0 Å². The first kappa shape index (κ1) is 11.7. The van der Waals surface area contributed by atoms with Gasteiger partial charge in [-0.2, -0.15) is 15.4 Å². The Hall–Kier alpha value is -1.39. The summed E-state index contributed by atoms with van der Waals surface area (Å²) < 4.78 is 0. The molecule has 0 spiro atoms. The Kier molecular flexibility index (Phi) is 3.06. The summed E-state index contributed by atoms with van der Waals surface area (Å²) in [6, 6.07) is 0. The number of carbonyl (C=O) groups excluding carboxylic acids is 1. The van der Waals surface area contributed by atoms with Crippen molar-refractivity contribution >= 4 is 5.91 Å². The summed E-state index contributed by atoms with van der Waals surface area (Å²) >= 11 is 0. The molecule has 18 heavy (non-hydrogen) atoms. The third kappa shape index (κ3) is 2.02. The van der Waals surface area contributed by atoms with Crippen LogP contribution in [0.15, 0.2) is 6.20 Å². The molecule has 1 N–H and O–H groups in total. The Labute approximate surface area is 107 Å². The molecule has 1 aromatic heterocycles. The maximum atomic E-state index is 12.2. The molecule has 1 heterocycles. The van der Waals surface area contributed by atoms with Crippen LogP contribution in [0, 0.1) is 17.8 Å². The van der Waals surface area contributed by atoms with Gasteiger partial charge < -0.3 is 4.90 Å². The second-order valence-corrected chi connectivity index (χ2v) is 5.63. The highest BCUT2D eigenvalue weighted by molar-refractivity contribution is 5.91. The van der Waals surface area contributed by atoms with Crippen molar-refractivity contribution in [3.05, 3.63) is 11.9 Å². The topological polar surface area (TPSA) is 61.9 Å². The molecular formula is C13H20N4O. The van der Waals surface area contributed by atoms with E-state index in [4.69, 9.17) is 0 Å². The fourth-order valence-electron chi connectivity index (χ4n) is 3.71. The number of aromatic nitrogens is 3. The van der Waals surface area contributed by atoms with Gasteiger partial charge in [-0.05, 0) is 43.9 Å². The molecule has 0 aromatic carbocycles. The number of amides is 1. The fraction of sp³-hybridized carbons (Fsp3) is 0.769. The SMILES string of the molecule is CCN(C[C@@H]1C[C@H]2CC[C@@H]1C2)C(=O)c1cn[nH]n1. The van der Waals surface area contributed by atoms with Crippen molar-refractivity contribution < 1.29 is 4.79 Å². The average molecular weight is 248 g/mol. The lowest BCUT2D eigenvalue weighted by molar-refractivity contribution is 0.0711. The summed E-state index contributed by atoms with van der Waals surface area (Å²) in [6.45, 7) is 3.67. The molecule has 1 amide bonds. The zero-order chi connectivity index (χ0) is 12.5. The first-order chi connectivity index (χ1) is 8.78. The maximum Gasteiger partial charge on any atom is 0.276 e. The minimum atomic E-state index is 0.00836. The number of rotatable bonds is 4. The van der Waals surface area contributed by atoms with E-state index < -0.39 is 0 Å². The summed E-state index contributed by atoms with van der Waals surface area (Å²) in [5, 5.41) is 10.1. The smallest absolute Gasteiger partial charge is 0.276 e. The van der Waals surface area contributed by atoms with Crippen molar-refractivity contribution in [2.45, 2.75) is 32.6 Å².